The number of halogens is 3. The summed E-state index contributed by atoms with van der Waals surface area (Å²) in [5.74, 6) is 0.210. The molecule has 1 saturated heterocycles. The van der Waals surface area contributed by atoms with Gasteiger partial charge in [0.05, 0.1) is 77.9 Å². The maximum Gasteiger partial charge on any atom is 0.554 e. The van der Waals surface area contributed by atoms with Crippen molar-refractivity contribution in [1.29, 1.82) is 15.8 Å². The van der Waals surface area contributed by atoms with Crippen molar-refractivity contribution < 1.29 is 27.0 Å². The van der Waals surface area contributed by atoms with Crippen LogP contribution in [0.5, 0.6) is 0 Å². The van der Waals surface area contributed by atoms with E-state index >= 15 is 0 Å². The summed E-state index contributed by atoms with van der Waals surface area (Å²) in [7, 11) is -0.704. The maximum absolute atomic E-state index is 9.43. The number of hydrogen-bond donors (Lipinski definition) is 0. The van der Waals surface area contributed by atoms with Crippen LogP contribution in [0, 0.1) is 66.9 Å². The SMILES string of the molecule is Brc1cc(Br)nc(Br)n1.[C-]#[N+]c1cc2nc(B3OC(C)(C)C(C)(C)O3)oc2cc1[N+]#[C-].[C-]#[N+]c1cc2oc(-c3nc(-c4nc5cc(C#N)c(C#N)cc5o4)cc(-c4nc5cc([N+]#[C-])c([N+]#[C-])cc5o4)n3)nc2cc1C#N. The zero-order valence-corrected chi connectivity index (χ0v) is 43.8. The Balaban J connectivity index is 0.000000187. The van der Waals surface area contributed by atoms with Gasteiger partial charge in [0.1, 0.15) is 60.5 Å². The first-order chi connectivity index (χ1) is 36.4. The molecule has 362 valence electrons. The third-order valence-corrected chi connectivity index (χ3v) is 12.6. The summed E-state index contributed by atoms with van der Waals surface area (Å²) in [6, 6.07) is 20.7. The molecule has 26 heteroatoms. The normalized spacial score (nSPS) is 12.9. The Hall–Kier alpha value is -9.74. The largest absolute Gasteiger partial charge is 0.554 e. The van der Waals surface area contributed by atoms with Crippen molar-refractivity contribution in [3.05, 3.63) is 148 Å². The average Bonchev–Trinajstić information content (AvgIpc) is 4.26. The van der Waals surface area contributed by atoms with Crippen molar-refractivity contribution in [3.8, 4) is 53.1 Å². The standard InChI is InChI=1S/C31H7N11O3.C15H14BN3O3.C4HBr3N2/c1-35-17-9-26-21(5-16(17)13-34)42-31(45-26)28-38-23(29-40-20-4-14(11-32)15(12-33)6-25(20)43-29)8-24(39-28)30-41-22-7-18(36-2)19(37-3)10-27(22)44-30;1-14(2)15(3,4)22-16(21-14)13-19-11-7-9(17-5)10(18-6)8-12(11)20-13;5-2-1-3(6)9-4(7)8-2/h4-10H;7-8H,1-4H3;1H. The molecule has 76 heavy (non-hydrogen) atoms. The van der Waals surface area contributed by atoms with E-state index in [1.807, 2.05) is 45.9 Å². The van der Waals surface area contributed by atoms with Gasteiger partial charge < -0.3 is 27.0 Å². The van der Waals surface area contributed by atoms with Crippen LogP contribution in [-0.4, -0.2) is 58.2 Å². The second-order valence-electron chi connectivity index (χ2n) is 16.7. The van der Waals surface area contributed by atoms with Crippen LogP contribution in [0.4, 0.5) is 28.4 Å². The van der Waals surface area contributed by atoms with Crippen LogP contribution in [0.2, 0.25) is 0 Å². The molecular formula is C50H22BBr3N16O6. The number of nitriles is 3. The van der Waals surface area contributed by atoms with Crippen LogP contribution >= 0.6 is 47.8 Å². The van der Waals surface area contributed by atoms with Crippen LogP contribution < -0.4 is 5.79 Å². The van der Waals surface area contributed by atoms with Crippen LogP contribution in [0.3, 0.4) is 0 Å². The van der Waals surface area contributed by atoms with Gasteiger partial charge >= 0.3 is 7.12 Å². The van der Waals surface area contributed by atoms with E-state index in [2.05, 4.69) is 112 Å². The van der Waals surface area contributed by atoms with Gasteiger partial charge in [0.2, 0.25) is 29.1 Å². The van der Waals surface area contributed by atoms with Gasteiger partial charge in [0.25, 0.3) is 5.89 Å². The smallest absolute Gasteiger partial charge is 0.445 e. The van der Waals surface area contributed by atoms with Gasteiger partial charge in [-0.3, -0.25) is 9.69 Å². The molecule has 10 aromatic rings. The molecule has 0 N–H and O–H groups in total. The molecule has 1 aliphatic rings. The number of oxazole rings is 4. The van der Waals surface area contributed by atoms with Gasteiger partial charge in [0.15, 0.2) is 33.1 Å². The first-order valence-electron chi connectivity index (χ1n) is 21.4. The Labute approximate surface area is 453 Å². The molecule has 0 unspecified atom stereocenters. The molecule has 0 spiro atoms. The number of hydrogen-bond acceptors (Lipinski definition) is 17. The highest BCUT2D eigenvalue weighted by atomic mass is 79.9. The minimum atomic E-state index is -0.704. The molecule has 4 aromatic carbocycles. The number of fused-ring (bicyclic) bond motifs is 4. The fourth-order valence-corrected chi connectivity index (χ4v) is 9.00. The van der Waals surface area contributed by atoms with E-state index in [4.69, 9.17) is 59.8 Å². The van der Waals surface area contributed by atoms with Crippen molar-refractivity contribution in [2.75, 3.05) is 0 Å². The lowest BCUT2D eigenvalue weighted by atomic mass is 9.90. The third-order valence-electron chi connectivity index (χ3n) is 11.4. The Morgan fingerprint density at radius 2 is 0.842 bits per heavy atom. The average molecular weight is 1190 g/mol. The maximum atomic E-state index is 9.43. The van der Waals surface area contributed by atoms with Gasteiger partial charge in [0, 0.05) is 18.2 Å². The molecule has 0 bridgehead atoms. The van der Waals surface area contributed by atoms with Gasteiger partial charge in [-0.05, 0) is 118 Å². The van der Waals surface area contributed by atoms with Crippen LogP contribution in [0.15, 0.2) is 92.3 Å². The molecule has 0 atom stereocenters. The van der Waals surface area contributed by atoms with Crippen LogP contribution in [0.1, 0.15) is 44.4 Å². The van der Waals surface area contributed by atoms with Crippen molar-refractivity contribution in [2.45, 2.75) is 38.9 Å². The lowest BCUT2D eigenvalue weighted by Gasteiger charge is -2.32. The molecule has 22 nitrogen and oxygen atoms in total. The second-order valence-corrected chi connectivity index (χ2v) is 19.0. The molecule has 0 aliphatic carbocycles. The Kier molecular flexibility index (Phi) is 13.7. The predicted molar refractivity (Wildman–Crippen MR) is 281 cm³/mol. The molecular weight excluding hydrogens is 1170 g/mol. The summed E-state index contributed by atoms with van der Waals surface area (Å²) in [6.45, 7) is 44.1. The molecule has 0 amide bonds. The Bertz CT molecular complexity index is 3870. The van der Waals surface area contributed by atoms with Crippen molar-refractivity contribution in [3.63, 3.8) is 0 Å². The highest BCUT2D eigenvalue weighted by Crippen LogP contribution is 2.39. The van der Waals surface area contributed by atoms with Crippen LogP contribution in [0.25, 0.3) is 104 Å². The Morgan fingerprint density at radius 1 is 0.447 bits per heavy atom. The monoisotopic (exact) mass is 1190 g/mol. The third kappa shape index (κ3) is 9.89. The molecule has 1 fully saturated rings. The van der Waals surface area contributed by atoms with Crippen molar-refractivity contribution >= 4 is 134 Å². The first kappa shape index (κ1) is 51.2. The summed E-state index contributed by atoms with van der Waals surface area (Å²) >= 11 is 9.53. The molecule has 1 aliphatic heterocycles. The zero-order valence-electron chi connectivity index (χ0n) is 39.1. The Morgan fingerprint density at radius 3 is 1.33 bits per heavy atom. The quantitative estimate of drug-likeness (QED) is 0.0685. The van der Waals surface area contributed by atoms with Crippen LogP contribution in [-0.2, 0) is 9.31 Å². The molecule has 0 saturated carbocycles. The number of rotatable bonds is 4. The number of aromatic nitrogens is 8. The summed E-state index contributed by atoms with van der Waals surface area (Å²) < 4.78 is 37.3. The number of benzene rings is 4. The summed E-state index contributed by atoms with van der Waals surface area (Å²) in [6.07, 6.45) is 0. The first-order valence-corrected chi connectivity index (χ1v) is 23.8. The minimum absolute atomic E-state index is 0.00810. The molecule has 11 rings (SSSR count). The summed E-state index contributed by atoms with van der Waals surface area (Å²) in [5.41, 5.74) is 3.07. The van der Waals surface area contributed by atoms with E-state index in [0.29, 0.717) is 38.2 Å². The van der Waals surface area contributed by atoms with E-state index in [1.54, 1.807) is 12.1 Å². The van der Waals surface area contributed by atoms with Crippen molar-refractivity contribution in [1.82, 2.24) is 39.9 Å². The fraction of sp³-hybridized carbons (Fsp3) is 0.120. The second kappa shape index (κ2) is 20.3. The highest BCUT2D eigenvalue weighted by molar-refractivity contribution is 9.11. The number of nitrogens with zero attached hydrogens (tertiary/aromatic N) is 16. The lowest BCUT2D eigenvalue weighted by molar-refractivity contribution is 0.00578. The van der Waals surface area contributed by atoms with E-state index in [0.717, 1.165) is 9.21 Å². The van der Waals surface area contributed by atoms with E-state index in [-0.39, 0.29) is 96.8 Å². The molecule has 6 aromatic heterocycles. The molecule has 7 heterocycles. The van der Waals surface area contributed by atoms with Gasteiger partial charge in [-0.25, -0.2) is 54.4 Å². The fourth-order valence-electron chi connectivity index (χ4n) is 7.07. The minimum Gasteiger partial charge on any atom is -0.445 e. The zero-order chi connectivity index (χ0) is 54.2. The van der Waals surface area contributed by atoms with Gasteiger partial charge in [-0.1, -0.05) is 0 Å². The van der Waals surface area contributed by atoms with Crippen molar-refractivity contribution in [2.24, 2.45) is 0 Å². The summed E-state index contributed by atoms with van der Waals surface area (Å²) in [4.78, 5) is 51.4. The lowest BCUT2D eigenvalue weighted by Crippen LogP contribution is -2.41. The highest BCUT2D eigenvalue weighted by Gasteiger charge is 2.54. The van der Waals surface area contributed by atoms with E-state index in [9.17, 15) is 15.8 Å². The van der Waals surface area contributed by atoms with Gasteiger partial charge in [-0.2, -0.15) is 15.8 Å². The summed E-state index contributed by atoms with van der Waals surface area (Å²) in [5, 5.41) is 28.3. The van der Waals surface area contributed by atoms with Gasteiger partial charge in [-0.15, -0.1) is 0 Å². The van der Waals surface area contributed by atoms with E-state index in [1.165, 1.54) is 48.5 Å². The van der Waals surface area contributed by atoms with E-state index < -0.39 is 18.3 Å². The topological polar surface area (TPSA) is 267 Å². The molecule has 0 radical (unpaired) electrons. The predicted octanol–water partition coefficient (Wildman–Crippen LogP) is 13.2.